The first-order valence-corrected chi connectivity index (χ1v) is 4.89. The van der Waals surface area contributed by atoms with Gasteiger partial charge in [0.05, 0.1) is 5.60 Å². The van der Waals surface area contributed by atoms with E-state index in [2.05, 4.69) is 0 Å². The average Bonchev–Trinajstić information content (AvgIpc) is 1.71. The van der Waals surface area contributed by atoms with E-state index in [0.29, 0.717) is 17.4 Å². The molecule has 0 aromatic carbocycles. The van der Waals surface area contributed by atoms with E-state index in [9.17, 15) is 5.11 Å². The lowest BCUT2D eigenvalue weighted by molar-refractivity contribution is -0.124. The van der Waals surface area contributed by atoms with Crippen molar-refractivity contribution in [2.75, 3.05) is 0 Å². The van der Waals surface area contributed by atoms with Crippen molar-refractivity contribution in [2.24, 2.45) is 17.1 Å². The first-order chi connectivity index (χ1) is 5.41. The summed E-state index contributed by atoms with van der Waals surface area (Å²) in [6.07, 6.45) is 4.79. The molecule has 2 nitrogen and oxygen atoms in total. The Labute approximate surface area is 74.1 Å². The van der Waals surface area contributed by atoms with E-state index in [1.165, 1.54) is 25.7 Å². The Morgan fingerprint density at radius 1 is 1.25 bits per heavy atom. The second kappa shape index (κ2) is 2.24. The third-order valence-electron chi connectivity index (χ3n) is 3.75. The Balaban J connectivity index is 1.85. The summed E-state index contributed by atoms with van der Waals surface area (Å²) in [5.74, 6) is 0.519. The summed E-state index contributed by atoms with van der Waals surface area (Å²) < 4.78 is 0. The molecule has 0 radical (unpaired) electrons. The van der Waals surface area contributed by atoms with E-state index < -0.39 is 5.60 Å². The van der Waals surface area contributed by atoms with Crippen molar-refractivity contribution in [3.05, 3.63) is 0 Å². The van der Waals surface area contributed by atoms with E-state index in [1.807, 2.05) is 13.8 Å². The summed E-state index contributed by atoms with van der Waals surface area (Å²) in [5.41, 5.74) is 5.85. The number of aliphatic hydroxyl groups is 1. The van der Waals surface area contributed by atoms with Crippen LogP contribution in [0.15, 0.2) is 0 Å². The van der Waals surface area contributed by atoms with Gasteiger partial charge in [0.1, 0.15) is 0 Å². The molecular weight excluding hydrogens is 150 g/mol. The van der Waals surface area contributed by atoms with Gasteiger partial charge in [-0.3, -0.25) is 0 Å². The lowest BCUT2D eigenvalue weighted by atomic mass is 9.48. The quantitative estimate of drug-likeness (QED) is 0.621. The Kier molecular flexibility index (Phi) is 1.59. The van der Waals surface area contributed by atoms with E-state index in [-0.39, 0.29) is 0 Å². The number of hydrogen-bond acceptors (Lipinski definition) is 2. The molecule has 0 bridgehead atoms. The van der Waals surface area contributed by atoms with Crippen LogP contribution in [0.4, 0.5) is 0 Å². The molecule has 2 saturated carbocycles. The van der Waals surface area contributed by atoms with Gasteiger partial charge in [0.15, 0.2) is 0 Å². The Morgan fingerprint density at radius 3 is 2.08 bits per heavy atom. The van der Waals surface area contributed by atoms with Gasteiger partial charge in [-0.15, -0.1) is 0 Å². The van der Waals surface area contributed by atoms with Gasteiger partial charge >= 0.3 is 0 Å². The maximum atomic E-state index is 9.72. The van der Waals surface area contributed by atoms with Gasteiger partial charge in [-0.05, 0) is 50.9 Å². The molecular formula is C10H19NO. The fourth-order valence-electron chi connectivity index (χ4n) is 2.87. The standard InChI is InChI=1S/C10H19NO/c1-9(2,12)7-3-10(4-7)5-8(11)6-10/h7-8,12H,3-6,11H2,1-2H3. The van der Waals surface area contributed by atoms with Crippen molar-refractivity contribution >= 4 is 0 Å². The molecule has 2 rings (SSSR count). The van der Waals surface area contributed by atoms with Crippen molar-refractivity contribution in [3.8, 4) is 0 Å². The maximum absolute atomic E-state index is 9.72. The highest BCUT2D eigenvalue weighted by Crippen LogP contribution is 2.60. The van der Waals surface area contributed by atoms with Crippen LogP contribution in [0.25, 0.3) is 0 Å². The largest absolute Gasteiger partial charge is 0.390 e. The zero-order chi connectivity index (χ0) is 8.98. The van der Waals surface area contributed by atoms with Crippen LogP contribution in [0.5, 0.6) is 0 Å². The minimum atomic E-state index is -0.467. The SMILES string of the molecule is CC(C)(O)C1CC2(CC(N)C2)C1. The van der Waals surface area contributed by atoms with Gasteiger partial charge in [-0.2, -0.15) is 0 Å². The molecule has 0 aromatic heterocycles. The molecule has 0 amide bonds. The van der Waals surface area contributed by atoms with E-state index in [0.717, 1.165) is 0 Å². The van der Waals surface area contributed by atoms with E-state index in [1.54, 1.807) is 0 Å². The molecule has 2 heteroatoms. The second-order valence-corrected chi connectivity index (χ2v) is 5.43. The van der Waals surface area contributed by atoms with Crippen LogP contribution >= 0.6 is 0 Å². The van der Waals surface area contributed by atoms with Crippen LogP contribution < -0.4 is 5.73 Å². The number of rotatable bonds is 1. The van der Waals surface area contributed by atoms with Crippen LogP contribution in [-0.2, 0) is 0 Å². The summed E-state index contributed by atoms with van der Waals surface area (Å²) in [6.45, 7) is 3.84. The predicted octanol–water partition coefficient (Wildman–Crippen LogP) is 1.27. The van der Waals surface area contributed by atoms with Crippen molar-refractivity contribution in [3.63, 3.8) is 0 Å². The van der Waals surface area contributed by atoms with Crippen LogP contribution in [0.1, 0.15) is 39.5 Å². The minimum absolute atomic E-state index is 0.452. The highest BCUT2D eigenvalue weighted by Gasteiger charge is 2.54. The topological polar surface area (TPSA) is 46.2 Å². The maximum Gasteiger partial charge on any atom is 0.0620 e. The molecule has 2 fully saturated rings. The summed E-state index contributed by atoms with van der Waals surface area (Å²) >= 11 is 0. The second-order valence-electron chi connectivity index (χ2n) is 5.43. The van der Waals surface area contributed by atoms with Crippen molar-refractivity contribution in [2.45, 2.75) is 51.2 Å². The van der Waals surface area contributed by atoms with Gasteiger partial charge in [0, 0.05) is 6.04 Å². The lowest BCUT2D eigenvalue weighted by Crippen LogP contribution is -2.57. The zero-order valence-electron chi connectivity index (χ0n) is 8.01. The smallest absolute Gasteiger partial charge is 0.0620 e. The zero-order valence-corrected chi connectivity index (χ0v) is 8.01. The molecule has 0 unspecified atom stereocenters. The number of hydrogen-bond donors (Lipinski definition) is 2. The molecule has 2 aliphatic rings. The summed E-state index contributed by atoms with van der Waals surface area (Å²) in [4.78, 5) is 0. The van der Waals surface area contributed by atoms with E-state index in [4.69, 9.17) is 5.73 Å². The highest BCUT2D eigenvalue weighted by molar-refractivity contribution is 5.07. The van der Waals surface area contributed by atoms with Crippen molar-refractivity contribution in [1.29, 1.82) is 0 Å². The molecule has 0 aliphatic heterocycles. The third-order valence-corrected chi connectivity index (χ3v) is 3.75. The lowest BCUT2D eigenvalue weighted by Gasteiger charge is -2.59. The molecule has 2 aliphatic carbocycles. The first kappa shape index (κ1) is 8.52. The normalized spacial score (nSPS) is 47.0. The molecule has 0 heterocycles. The average molecular weight is 169 g/mol. The summed E-state index contributed by atoms with van der Waals surface area (Å²) in [7, 11) is 0. The van der Waals surface area contributed by atoms with Crippen LogP contribution in [0, 0.1) is 11.3 Å². The monoisotopic (exact) mass is 169 g/mol. The molecule has 70 valence electrons. The predicted molar refractivity (Wildman–Crippen MR) is 48.7 cm³/mol. The number of nitrogens with two attached hydrogens (primary N) is 1. The minimum Gasteiger partial charge on any atom is -0.390 e. The fourth-order valence-corrected chi connectivity index (χ4v) is 2.87. The van der Waals surface area contributed by atoms with Crippen LogP contribution in [0.2, 0.25) is 0 Å². The van der Waals surface area contributed by atoms with Crippen molar-refractivity contribution < 1.29 is 5.11 Å². The molecule has 3 N–H and O–H groups in total. The molecule has 12 heavy (non-hydrogen) atoms. The van der Waals surface area contributed by atoms with Gasteiger partial charge in [-0.25, -0.2) is 0 Å². The summed E-state index contributed by atoms with van der Waals surface area (Å²) in [5, 5.41) is 9.72. The summed E-state index contributed by atoms with van der Waals surface area (Å²) in [6, 6.07) is 0.452. The van der Waals surface area contributed by atoms with Gasteiger partial charge < -0.3 is 10.8 Å². The molecule has 1 spiro atoms. The van der Waals surface area contributed by atoms with Gasteiger partial charge in [0.25, 0.3) is 0 Å². The molecule has 0 atom stereocenters. The Hall–Kier alpha value is -0.0800. The first-order valence-electron chi connectivity index (χ1n) is 4.89. The van der Waals surface area contributed by atoms with E-state index >= 15 is 0 Å². The third kappa shape index (κ3) is 1.17. The van der Waals surface area contributed by atoms with Gasteiger partial charge in [-0.1, -0.05) is 0 Å². The Morgan fingerprint density at radius 2 is 1.75 bits per heavy atom. The highest BCUT2D eigenvalue weighted by atomic mass is 16.3. The van der Waals surface area contributed by atoms with Crippen LogP contribution in [0.3, 0.4) is 0 Å². The Bertz CT molecular complexity index is 181. The fraction of sp³-hybridized carbons (Fsp3) is 1.00. The van der Waals surface area contributed by atoms with Gasteiger partial charge in [0.2, 0.25) is 0 Å². The van der Waals surface area contributed by atoms with Crippen LogP contribution in [-0.4, -0.2) is 16.7 Å². The van der Waals surface area contributed by atoms with Crippen molar-refractivity contribution in [1.82, 2.24) is 0 Å². The molecule has 0 saturated heterocycles. The molecule has 0 aromatic rings.